The molecule has 2 aromatic rings. The molecule has 0 bridgehead atoms. The van der Waals surface area contributed by atoms with Crippen LogP contribution in [0.5, 0.6) is 0 Å². The third kappa shape index (κ3) is 4.48. The van der Waals surface area contributed by atoms with Crippen molar-refractivity contribution in [2.45, 2.75) is 32.7 Å². The Hall–Kier alpha value is -2.01. The summed E-state index contributed by atoms with van der Waals surface area (Å²) in [6.07, 6.45) is 4.72. The standard InChI is InChI=1S/C17H19ClFN3O/c1-17(2,3)22(11-23)7-6-16-20-9-12(10-21-16)14-5-4-13(19)8-15(14)18/h4-5,8-11H,6-7H2,1-3H3. The van der Waals surface area contributed by atoms with Crippen molar-refractivity contribution in [1.29, 1.82) is 0 Å². The second-order valence-corrected chi connectivity index (χ2v) is 6.64. The van der Waals surface area contributed by atoms with Gasteiger partial charge in [0.15, 0.2) is 0 Å². The first-order chi connectivity index (χ1) is 10.8. The zero-order chi connectivity index (χ0) is 17.0. The second-order valence-electron chi connectivity index (χ2n) is 6.23. The Morgan fingerprint density at radius 1 is 1.26 bits per heavy atom. The minimum Gasteiger partial charge on any atom is -0.340 e. The van der Waals surface area contributed by atoms with E-state index in [4.69, 9.17) is 11.6 Å². The van der Waals surface area contributed by atoms with Gasteiger partial charge < -0.3 is 4.90 Å². The summed E-state index contributed by atoms with van der Waals surface area (Å²) in [4.78, 5) is 21.4. The van der Waals surface area contributed by atoms with Crippen LogP contribution < -0.4 is 0 Å². The Morgan fingerprint density at radius 3 is 2.43 bits per heavy atom. The topological polar surface area (TPSA) is 46.1 Å². The predicted octanol–water partition coefficient (Wildman–Crippen LogP) is 3.74. The quantitative estimate of drug-likeness (QED) is 0.782. The van der Waals surface area contributed by atoms with E-state index < -0.39 is 0 Å². The van der Waals surface area contributed by atoms with Crippen LogP contribution in [0.4, 0.5) is 4.39 Å². The van der Waals surface area contributed by atoms with E-state index in [-0.39, 0.29) is 11.4 Å². The summed E-state index contributed by atoms with van der Waals surface area (Å²) in [7, 11) is 0. The fraction of sp³-hybridized carbons (Fsp3) is 0.353. The Morgan fingerprint density at radius 2 is 1.91 bits per heavy atom. The van der Waals surface area contributed by atoms with Crippen LogP contribution in [-0.2, 0) is 11.2 Å². The van der Waals surface area contributed by atoms with Gasteiger partial charge in [0.2, 0.25) is 6.41 Å². The van der Waals surface area contributed by atoms with Crippen LogP contribution in [0.15, 0.2) is 30.6 Å². The fourth-order valence-electron chi connectivity index (χ4n) is 2.11. The van der Waals surface area contributed by atoms with Crippen LogP contribution in [0.25, 0.3) is 11.1 Å². The number of rotatable bonds is 5. The molecule has 0 aliphatic heterocycles. The first-order valence-electron chi connectivity index (χ1n) is 7.29. The lowest BCUT2D eigenvalue weighted by Gasteiger charge is -2.31. The van der Waals surface area contributed by atoms with Crippen LogP contribution in [-0.4, -0.2) is 33.4 Å². The van der Waals surface area contributed by atoms with Crippen molar-refractivity contribution in [2.75, 3.05) is 6.54 Å². The molecule has 1 heterocycles. The van der Waals surface area contributed by atoms with Crippen molar-refractivity contribution < 1.29 is 9.18 Å². The molecule has 1 aromatic heterocycles. The van der Waals surface area contributed by atoms with Crippen molar-refractivity contribution in [2.24, 2.45) is 0 Å². The van der Waals surface area contributed by atoms with Gasteiger partial charge in [-0.25, -0.2) is 14.4 Å². The highest BCUT2D eigenvalue weighted by Gasteiger charge is 2.19. The first-order valence-corrected chi connectivity index (χ1v) is 7.67. The number of aromatic nitrogens is 2. The molecule has 2 rings (SSSR count). The second kappa shape index (κ2) is 7.04. The molecule has 1 amide bonds. The minimum atomic E-state index is -0.382. The van der Waals surface area contributed by atoms with E-state index in [0.29, 0.717) is 29.4 Å². The molecule has 122 valence electrons. The normalized spacial score (nSPS) is 11.3. The van der Waals surface area contributed by atoms with E-state index in [9.17, 15) is 9.18 Å². The lowest BCUT2D eigenvalue weighted by Crippen LogP contribution is -2.41. The van der Waals surface area contributed by atoms with E-state index in [1.165, 1.54) is 12.1 Å². The lowest BCUT2D eigenvalue weighted by molar-refractivity contribution is -0.122. The monoisotopic (exact) mass is 335 g/mol. The largest absolute Gasteiger partial charge is 0.340 e. The summed E-state index contributed by atoms with van der Waals surface area (Å²) in [5, 5.41) is 0.321. The predicted molar refractivity (Wildman–Crippen MR) is 88.7 cm³/mol. The summed E-state index contributed by atoms with van der Waals surface area (Å²) in [6, 6.07) is 4.21. The molecule has 0 aliphatic rings. The maximum absolute atomic E-state index is 13.1. The van der Waals surface area contributed by atoms with E-state index >= 15 is 0 Å². The summed E-state index contributed by atoms with van der Waals surface area (Å²) < 4.78 is 13.1. The average Bonchev–Trinajstić information content (AvgIpc) is 2.47. The van der Waals surface area contributed by atoms with Crippen LogP contribution in [0.3, 0.4) is 0 Å². The average molecular weight is 336 g/mol. The Labute approximate surface area is 140 Å². The number of amides is 1. The third-order valence-electron chi connectivity index (χ3n) is 3.51. The number of carbonyl (C=O) groups excluding carboxylic acids is 1. The van der Waals surface area contributed by atoms with Crippen LogP contribution >= 0.6 is 11.6 Å². The molecule has 0 radical (unpaired) electrons. The van der Waals surface area contributed by atoms with Crippen LogP contribution in [0.1, 0.15) is 26.6 Å². The van der Waals surface area contributed by atoms with Crippen LogP contribution in [0, 0.1) is 5.82 Å². The summed E-state index contributed by atoms with van der Waals surface area (Å²) in [5.41, 5.74) is 1.18. The van der Waals surface area contributed by atoms with Gasteiger partial charge in [0.1, 0.15) is 11.6 Å². The number of benzene rings is 1. The van der Waals surface area contributed by atoms with Crippen molar-refractivity contribution in [3.63, 3.8) is 0 Å². The zero-order valence-electron chi connectivity index (χ0n) is 13.4. The van der Waals surface area contributed by atoms with Crippen molar-refractivity contribution in [3.05, 3.63) is 47.3 Å². The fourth-order valence-corrected chi connectivity index (χ4v) is 2.39. The molecule has 23 heavy (non-hydrogen) atoms. The first kappa shape index (κ1) is 17.3. The molecule has 1 aromatic carbocycles. The molecule has 6 heteroatoms. The van der Waals surface area contributed by atoms with Gasteiger partial charge in [0.25, 0.3) is 0 Å². The molecule has 0 atom stereocenters. The molecule has 0 fully saturated rings. The molecular weight excluding hydrogens is 317 g/mol. The van der Waals surface area contributed by atoms with Gasteiger partial charge in [-0.3, -0.25) is 4.79 Å². The maximum Gasteiger partial charge on any atom is 0.210 e. The summed E-state index contributed by atoms with van der Waals surface area (Å²) >= 11 is 6.03. The molecule has 0 aliphatic carbocycles. The SMILES string of the molecule is CC(C)(C)N(C=O)CCc1ncc(-c2ccc(F)cc2Cl)cn1. The summed E-state index contributed by atoms with van der Waals surface area (Å²) in [6.45, 7) is 6.47. The van der Waals surface area contributed by atoms with Gasteiger partial charge in [-0.05, 0) is 39.0 Å². The van der Waals surface area contributed by atoms with Gasteiger partial charge in [0, 0.05) is 42.0 Å². The molecule has 0 saturated heterocycles. The van der Waals surface area contributed by atoms with Crippen molar-refractivity contribution in [3.8, 4) is 11.1 Å². The zero-order valence-corrected chi connectivity index (χ0v) is 14.1. The number of nitrogens with zero attached hydrogens (tertiary/aromatic N) is 3. The molecule has 0 unspecified atom stereocenters. The highest BCUT2D eigenvalue weighted by atomic mass is 35.5. The third-order valence-corrected chi connectivity index (χ3v) is 3.83. The Balaban J connectivity index is 2.09. The van der Waals surface area contributed by atoms with E-state index in [0.717, 1.165) is 12.0 Å². The van der Waals surface area contributed by atoms with Gasteiger partial charge in [0.05, 0.1) is 5.02 Å². The molecule has 4 nitrogen and oxygen atoms in total. The lowest BCUT2D eigenvalue weighted by atomic mass is 10.1. The maximum atomic E-state index is 13.1. The highest BCUT2D eigenvalue weighted by molar-refractivity contribution is 6.33. The van der Waals surface area contributed by atoms with Gasteiger partial charge in [-0.1, -0.05) is 11.6 Å². The number of hydrogen-bond acceptors (Lipinski definition) is 3. The van der Waals surface area contributed by atoms with E-state index in [2.05, 4.69) is 9.97 Å². The van der Waals surface area contributed by atoms with Crippen molar-refractivity contribution in [1.82, 2.24) is 14.9 Å². The van der Waals surface area contributed by atoms with Gasteiger partial charge in [-0.15, -0.1) is 0 Å². The molecule has 0 saturated carbocycles. The Bertz CT molecular complexity index is 683. The summed E-state index contributed by atoms with van der Waals surface area (Å²) in [5.74, 6) is 0.260. The number of halogens is 2. The van der Waals surface area contributed by atoms with Crippen LogP contribution in [0.2, 0.25) is 5.02 Å². The highest BCUT2D eigenvalue weighted by Crippen LogP contribution is 2.27. The Kier molecular flexibility index (Phi) is 5.31. The van der Waals surface area contributed by atoms with Crippen molar-refractivity contribution >= 4 is 18.0 Å². The molecule has 0 spiro atoms. The number of hydrogen-bond donors (Lipinski definition) is 0. The molecular formula is C17H19ClFN3O. The molecule has 0 N–H and O–H groups in total. The smallest absolute Gasteiger partial charge is 0.210 e. The van der Waals surface area contributed by atoms with E-state index in [1.54, 1.807) is 23.4 Å². The number of carbonyl (C=O) groups is 1. The minimum absolute atomic E-state index is 0.233. The van der Waals surface area contributed by atoms with E-state index in [1.807, 2.05) is 20.8 Å². The van der Waals surface area contributed by atoms with Gasteiger partial charge >= 0.3 is 0 Å². The van der Waals surface area contributed by atoms with Gasteiger partial charge in [-0.2, -0.15) is 0 Å².